The molecule has 1 aromatic carbocycles. The highest BCUT2D eigenvalue weighted by molar-refractivity contribution is 7.89. The number of likely N-dealkylation sites (N-methyl/N-ethyl adjacent to an activating group) is 2. The van der Waals surface area contributed by atoms with E-state index in [1.807, 2.05) is 25.9 Å². The molecule has 1 N–H and O–H groups in total. The number of benzene rings is 1. The normalized spacial score (nSPS) is 12.1. The average Bonchev–Trinajstić information content (AvgIpc) is 2.43. The van der Waals surface area contributed by atoms with Gasteiger partial charge in [0.05, 0.1) is 10.5 Å². The molecule has 0 spiro atoms. The number of carbonyl (C=O) groups is 1. The van der Waals surface area contributed by atoms with E-state index in [-0.39, 0.29) is 10.5 Å². The molecule has 118 valence electrons. The Morgan fingerprint density at radius 1 is 1.19 bits per heavy atom. The molecule has 0 unspecified atom stereocenters. The number of rotatable bonds is 7. The lowest BCUT2D eigenvalue weighted by atomic mass is 10.1. The first-order valence-corrected chi connectivity index (χ1v) is 8.11. The number of hydrogen-bond donors (Lipinski definition) is 1. The predicted octanol–water partition coefficient (Wildman–Crippen LogP) is 1.13. The fourth-order valence-corrected chi connectivity index (χ4v) is 3.05. The van der Waals surface area contributed by atoms with Crippen molar-refractivity contribution >= 4 is 16.0 Å². The van der Waals surface area contributed by atoms with Gasteiger partial charge < -0.3 is 10.0 Å². The Kier molecular flexibility index (Phi) is 5.88. The zero-order valence-electron chi connectivity index (χ0n) is 12.8. The molecule has 0 bridgehead atoms. The first kappa shape index (κ1) is 17.6. The van der Waals surface area contributed by atoms with Crippen LogP contribution in [0.2, 0.25) is 0 Å². The molecule has 0 aromatic heterocycles. The zero-order valence-corrected chi connectivity index (χ0v) is 13.6. The highest BCUT2D eigenvalue weighted by Gasteiger charge is 2.22. The summed E-state index contributed by atoms with van der Waals surface area (Å²) >= 11 is 0. The minimum Gasteiger partial charge on any atom is -0.478 e. The maximum atomic E-state index is 12.4. The lowest BCUT2D eigenvalue weighted by molar-refractivity contribution is 0.0695. The van der Waals surface area contributed by atoms with Crippen molar-refractivity contribution < 1.29 is 18.3 Å². The SMILES string of the molecule is CCc1ccc(S(=O)(=O)N(C)CCN(C)C)cc1C(=O)O. The number of sulfonamides is 1. The maximum Gasteiger partial charge on any atom is 0.336 e. The molecule has 0 heterocycles. The third-order valence-corrected chi connectivity index (χ3v) is 5.12. The Morgan fingerprint density at radius 3 is 2.29 bits per heavy atom. The first-order valence-electron chi connectivity index (χ1n) is 6.67. The van der Waals surface area contributed by atoms with E-state index in [0.717, 1.165) is 0 Å². The van der Waals surface area contributed by atoms with Gasteiger partial charge in [-0.05, 0) is 38.2 Å². The summed E-state index contributed by atoms with van der Waals surface area (Å²) < 4.78 is 26.1. The Bertz CT molecular complexity index is 611. The van der Waals surface area contributed by atoms with Crippen LogP contribution < -0.4 is 0 Å². The molecule has 1 rings (SSSR count). The predicted molar refractivity (Wildman–Crippen MR) is 81.1 cm³/mol. The molecule has 0 aliphatic carbocycles. The average molecular weight is 314 g/mol. The van der Waals surface area contributed by atoms with E-state index < -0.39 is 16.0 Å². The van der Waals surface area contributed by atoms with Crippen LogP contribution in [0, 0.1) is 0 Å². The molecule has 0 amide bonds. The van der Waals surface area contributed by atoms with Crippen LogP contribution in [0.3, 0.4) is 0 Å². The molecular weight excluding hydrogens is 292 g/mol. The van der Waals surface area contributed by atoms with Gasteiger partial charge in [0.15, 0.2) is 0 Å². The minimum atomic E-state index is -3.67. The van der Waals surface area contributed by atoms with Gasteiger partial charge in [0, 0.05) is 20.1 Å². The number of aryl methyl sites for hydroxylation is 1. The van der Waals surface area contributed by atoms with Gasteiger partial charge in [0.2, 0.25) is 10.0 Å². The molecule has 21 heavy (non-hydrogen) atoms. The number of hydrogen-bond acceptors (Lipinski definition) is 4. The molecule has 0 aliphatic heterocycles. The number of carboxylic acid groups (broad SMARTS) is 1. The maximum absolute atomic E-state index is 12.4. The van der Waals surface area contributed by atoms with Gasteiger partial charge >= 0.3 is 5.97 Å². The first-order chi connectivity index (χ1) is 9.70. The van der Waals surface area contributed by atoms with Crippen molar-refractivity contribution in [2.75, 3.05) is 34.2 Å². The summed E-state index contributed by atoms with van der Waals surface area (Å²) in [5.74, 6) is -1.11. The zero-order chi connectivity index (χ0) is 16.2. The van der Waals surface area contributed by atoms with Crippen LogP contribution in [0.1, 0.15) is 22.8 Å². The summed E-state index contributed by atoms with van der Waals surface area (Å²) in [6.07, 6.45) is 0.540. The van der Waals surface area contributed by atoms with E-state index >= 15 is 0 Å². The van der Waals surface area contributed by atoms with Crippen LogP contribution in [-0.2, 0) is 16.4 Å². The summed E-state index contributed by atoms with van der Waals surface area (Å²) in [4.78, 5) is 13.1. The van der Waals surface area contributed by atoms with E-state index in [2.05, 4.69) is 0 Å². The van der Waals surface area contributed by atoms with Crippen molar-refractivity contribution in [2.45, 2.75) is 18.2 Å². The largest absolute Gasteiger partial charge is 0.478 e. The lowest BCUT2D eigenvalue weighted by Crippen LogP contribution is -2.33. The minimum absolute atomic E-state index is 0.0124. The van der Waals surface area contributed by atoms with Gasteiger partial charge in [-0.1, -0.05) is 13.0 Å². The second-order valence-electron chi connectivity index (χ2n) is 5.11. The molecule has 0 atom stereocenters. The molecule has 1 aromatic rings. The Morgan fingerprint density at radius 2 is 1.81 bits per heavy atom. The van der Waals surface area contributed by atoms with Crippen molar-refractivity contribution in [3.63, 3.8) is 0 Å². The summed E-state index contributed by atoms with van der Waals surface area (Å²) in [5.41, 5.74) is 0.664. The summed E-state index contributed by atoms with van der Waals surface area (Å²) in [5, 5.41) is 9.19. The van der Waals surface area contributed by atoms with Gasteiger partial charge in [-0.3, -0.25) is 0 Å². The summed E-state index contributed by atoms with van der Waals surface area (Å²) in [6, 6.07) is 4.27. The third-order valence-electron chi connectivity index (χ3n) is 3.26. The van der Waals surface area contributed by atoms with E-state index in [1.165, 1.54) is 23.5 Å². The van der Waals surface area contributed by atoms with E-state index in [4.69, 9.17) is 0 Å². The number of aromatic carboxylic acids is 1. The highest BCUT2D eigenvalue weighted by atomic mass is 32.2. The third kappa shape index (κ3) is 4.26. The quantitative estimate of drug-likeness (QED) is 0.816. The van der Waals surface area contributed by atoms with Gasteiger partial charge in [-0.15, -0.1) is 0 Å². The lowest BCUT2D eigenvalue weighted by Gasteiger charge is -2.20. The van der Waals surface area contributed by atoms with Gasteiger partial charge in [-0.2, -0.15) is 4.31 Å². The molecule has 6 nitrogen and oxygen atoms in total. The summed E-state index contributed by atoms with van der Waals surface area (Å²) in [7, 11) is 1.54. The van der Waals surface area contributed by atoms with E-state index in [0.29, 0.717) is 25.1 Å². The van der Waals surface area contributed by atoms with Crippen molar-refractivity contribution in [1.29, 1.82) is 0 Å². The fourth-order valence-electron chi connectivity index (χ4n) is 1.86. The van der Waals surface area contributed by atoms with Crippen molar-refractivity contribution in [3.8, 4) is 0 Å². The number of carboxylic acids is 1. The molecule has 0 fully saturated rings. The molecule has 0 aliphatic rings. The highest BCUT2D eigenvalue weighted by Crippen LogP contribution is 2.19. The standard InChI is InChI=1S/C14H22N2O4S/c1-5-11-6-7-12(10-13(11)14(17)18)21(19,20)16(4)9-8-15(2)3/h6-7,10H,5,8-9H2,1-4H3,(H,17,18). The van der Waals surface area contributed by atoms with Crippen LogP contribution >= 0.6 is 0 Å². The van der Waals surface area contributed by atoms with E-state index in [9.17, 15) is 18.3 Å². The second kappa shape index (κ2) is 7.02. The molecule has 0 radical (unpaired) electrons. The monoisotopic (exact) mass is 314 g/mol. The fraction of sp³-hybridized carbons (Fsp3) is 0.500. The molecule has 0 saturated carbocycles. The van der Waals surface area contributed by atoms with E-state index in [1.54, 1.807) is 6.07 Å². The Balaban J connectivity index is 3.14. The Hall–Kier alpha value is -1.44. The summed E-state index contributed by atoms with van der Waals surface area (Å²) in [6.45, 7) is 2.76. The molecular formula is C14H22N2O4S. The molecule has 7 heteroatoms. The van der Waals surface area contributed by atoms with Crippen LogP contribution in [0.25, 0.3) is 0 Å². The van der Waals surface area contributed by atoms with Crippen molar-refractivity contribution in [1.82, 2.24) is 9.21 Å². The second-order valence-corrected chi connectivity index (χ2v) is 7.15. The van der Waals surface area contributed by atoms with Crippen molar-refractivity contribution in [2.24, 2.45) is 0 Å². The topological polar surface area (TPSA) is 77.9 Å². The Labute approximate surface area is 126 Å². The van der Waals surface area contributed by atoms with Gasteiger partial charge in [0.25, 0.3) is 0 Å². The number of nitrogens with zero attached hydrogens (tertiary/aromatic N) is 2. The van der Waals surface area contributed by atoms with Crippen LogP contribution in [-0.4, -0.2) is 62.9 Å². The van der Waals surface area contributed by atoms with Crippen LogP contribution in [0.15, 0.2) is 23.1 Å². The van der Waals surface area contributed by atoms with Crippen LogP contribution in [0.5, 0.6) is 0 Å². The smallest absolute Gasteiger partial charge is 0.336 e. The van der Waals surface area contributed by atoms with Gasteiger partial charge in [0.1, 0.15) is 0 Å². The molecule has 0 saturated heterocycles. The van der Waals surface area contributed by atoms with Crippen molar-refractivity contribution in [3.05, 3.63) is 29.3 Å². The van der Waals surface area contributed by atoms with Crippen LogP contribution in [0.4, 0.5) is 0 Å². The van der Waals surface area contributed by atoms with Gasteiger partial charge in [-0.25, -0.2) is 13.2 Å².